The van der Waals surface area contributed by atoms with E-state index < -0.39 is 0 Å². The first-order valence-corrected chi connectivity index (χ1v) is 6.25. The van der Waals surface area contributed by atoms with Gasteiger partial charge in [0.2, 0.25) is 0 Å². The van der Waals surface area contributed by atoms with Crippen LogP contribution >= 0.6 is 0 Å². The van der Waals surface area contributed by atoms with E-state index in [1.807, 2.05) is 12.1 Å². The van der Waals surface area contributed by atoms with Crippen molar-refractivity contribution in [2.24, 2.45) is 0 Å². The molecule has 0 aliphatic carbocycles. The van der Waals surface area contributed by atoms with Crippen molar-refractivity contribution in [1.82, 2.24) is 10.2 Å². The van der Waals surface area contributed by atoms with E-state index in [4.69, 9.17) is 4.42 Å². The highest BCUT2D eigenvalue weighted by molar-refractivity contribution is 4.98. The van der Waals surface area contributed by atoms with Crippen LogP contribution in [-0.2, 0) is 6.42 Å². The Kier molecular flexibility index (Phi) is 4.02. The van der Waals surface area contributed by atoms with Crippen molar-refractivity contribution in [2.45, 2.75) is 38.8 Å². The van der Waals surface area contributed by atoms with Crippen LogP contribution < -0.4 is 5.32 Å². The predicted octanol–water partition coefficient (Wildman–Crippen LogP) is 1.89. The molecule has 1 aromatic heterocycles. The van der Waals surface area contributed by atoms with Gasteiger partial charge in [0, 0.05) is 31.6 Å². The number of nitrogens with zero attached hydrogens (tertiary/aromatic N) is 1. The van der Waals surface area contributed by atoms with Gasteiger partial charge in [0.15, 0.2) is 0 Å². The summed E-state index contributed by atoms with van der Waals surface area (Å²) >= 11 is 0. The minimum atomic E-state index is 0.664. The summed E-state index contributed by atoms with van der Waals surface area (Å²) in [5.74, 6) is 1.08. The standard InChI is InChI=1S/C13H22N2O/c1-11(2)15-8-6-12(10-15)14-7-5-13-4-3-9-16-13/h3-4,9,11-12,14H,5-8,10H2,1-2H3. The molecular formula is C13H22N2O. The van der Waals surface area contributed by atoms with Crippen LogP contribution in [0.3, 0.4) is 0 Å². The zero-order chi connectivity index (χ0) is 11.4. The Labute approximate surface area is 97.8 Å². The van der Waals surface area contributed by atoms with Crippen molar-refractivity contribution < 1.29 is 4.42 Å². The molecule has 0 bridgehead atoms. The molecule has 0 amide bonds. The second-order valence-electron chi connectivity index (χ2n) is 4.86. The molecule has 2 heterocycles. The molecule has 0 saturated carbocycles. The summed E-state index contributed by atoms with van der Waals surface area (Å²) in [4.78, 5) is 2.53. The summed E-state index contributed by atoms with van der Waals surface area (Å²) in [6, 6.07) is 5.33. The Balaban J connectivity index is 1.64. The zero-order valence-corrected chi connectivity index (χ0v) is 10.3. The molecule has 3 heteroatoms. The Morgan fingerprint density at radius 3 is 3.06 bits per heavy atom. The van der Waals surface area contributed by atoms with Gasteiger partial charge in [-0.2, -0.15) is 0 Å². The van der Waals surface area contributed by atoms with E-state index >= 15 is 0 Å². The molecule has 1 saturated heterocycles. The van der Waals surface area contributed by atoms with Gasteiger partial charge in [-0.1, -0.05) is 0 Å². The van der Waals surface area contributed by atoms with E-state index in [0.29, 0.717) is 12.1 Å². The molecule has 1 N–H and O–H groups in total. The van der Waals surface area contributed by atoms with E-state index in [-0.39, 0.29) is 0 Å². The first-order chi connectivity index (χ1) is 7.75. The quantitative estimate of drug-likeness (QED) is 0.824. The molecule has 3 nitrogen and oxygen atoms in total. The third-order valence-electron chi connectivity index (χ3n) is 3.33. The molecule has 1 atom stereocenters. The Morgan fingerprint density at radius 1 is 1.56 bits per heavy atom. The molecular weight excluding hydrogens is 200 g/mol. The largest absolute Gasteiger partial charge is 0.469 e. The molecule has 0 radical (unpaired) electrons. The monoisotopic (exact) mass is 222 g/mol. The van der Waals surface area contributed by atoms with E-state index in [1.54, 1.807) is 6.26 Å². The molecule has 1 aliphatic heterocycles. The molecule has 1 fully saturated rings. The lowest BCUT2D eigenvalue weighted by Crippen LogP contribution is -2.36. The minimum Gasteiger partial charge on any atom is -0.469 e. The molecule has 2 rings (SSSR count). The van der Waals surface area contributed by atoms with Gasteiger partial charge in [-0.25, -0.2) is 0 Å². The maximum atomic E-state index is 5.31. The van der Waals surface area contributed by atoms with Gasteiger partial charge in [0.05, 0.1) is 6.26 Å². The highest BCUT2D eigenvalue weighted by Crippen LogP contribution is 2.12. The smallest absolute Gasteiger partial charge is 0.105 e. The van der Waals surface area contributed by atoms with Gasteiger partial charge in [0.1, 0.15) is 5.76 Å². The highest BCUT2D eigenvalue weighted by atomic mass is 16.3. The van der Waals surface area contributed by atoms with Gasteiger partial charge in [-0.05, 0) is 38.9 Å². The average Bonchev–Trinajstić information content (AvgIpc) is 2.87. The Bertz CT molecular complexity index is 295. The first-order valence-electron chi connectivity index (χ1n) is 6.25. The average molecular weight is 222 g/mol. The summed E-state index contributed by atoms with van der Waals surface area (Å²) in [6.07, 6.45) is 4.01. The van der Waals surface area contributed by atoms with Crippen molar-refractivity contribution in [3.63, 3.8) is 0 Å². The fourth-order valence-electron chi connectivity index (χ4n) is 2.28. The molecule has 1 aromatic rings. The number of likely N-dealkylation sites (tertiary alicyclic amines) is 1. The maximum absolute atomic E-state index is 5.31. The number of furan rings is 1. The van der Waals surface area contributed by atoms with Crippen LogP contribution in [0.15, 0.2) is 22.8 Å². The summed E-state index contributed by atoms with van der Waals surface area (Å²) in [6.45, 7) is 7.98. The minimum absolute atomic E-state index is 0.664. The fraction of sp³-hybridized carbons (Fsp3) is 0.692. The van der Waals surface area contributed by atoms with Gasteiger partial charge in [-0.3, -0.25) is 4.90 Å². The zero-order valence-electron chi connectivity index (χ0n) is 10.3. The molecule has 16 heavy (non-hydrogen) atoms. The van der Waals surface area contributed by atoms with Crippen molar-refractivity contribution in [2.75, 3.05) is 19.6 Å². The van der Waals surface area contributed by atoms with E-state index in [2.05, 4.69) is 24.1 Å². The number of nitrogens with one attached hydrogen (secondary N) is 1. The van der Waals surface area contributed by atoms with Crippen molar-refractivity contribution in [3.8, 4) is 0 Å². The normalized spacial score (nSPS) is 22.1. The third kappa shape index (κ3) is 3.09. The first kappa shape index (κ1) is 11.7. The van der Waals surface area contributed by atoms with Gasteiger partial charge in [-0.15, -0.1) is 0 Å². The van der Waals surface area contributed by atoms with Crippen LogP contribution in [0.5, 0.6) is 0 Å². The third-order valence-corrected chi connectivity index (χ3v) is 3.33. The highest BCUT2D eigenvalue weighted by Gasteiger charge is 2.23. The van der Waals surface area contributed by atoms with Gasteiger partial charge in [0.25, 0.3) is 0 Å². The second kappa shape index (κ2) is 5.51. The van der Waals surface area contributed by atoms with Crippen molar-refractivity contribution in [1.29, 1.82) is 0 Å². The predicted molar refractivity (Wildman–Crippen MR) is 65.5 cm³/mol. The number of rotatable bonds is 5. The van der Waals surface area contributed by atoms with E-state index in [0.717, 1.165) is 18.7 Å². The fourth-order valence-corrected chi connectivity index (χ4v) is 2.28. The van der Waals surface area contributed by atoms with Crippen LogP contribution in [0.4, 0.5) is 0 Å². The van der Waals surface area contributed by atoms with Crippen molar-refractivity contribution in [3.05, 3.63) is 24.2 Å². The lowest BCUT2D eigenvalue weighted by Gasteiger charge is -2.20. The SMILES string of the molecule is CC(C)N1CCC(NCCc2ccco2)C1. The Hall–Kier alpha value is -0.800. The second-order valence-corrected chi connectivity index (χ2v) is 4.86. The van der Waals surface area contributed by atoms with E-state index in [9.17, 15) is 0 Å². The summed E-state index contributed by atoms with van der Waals surface area (Å²) in [5, 5.41) is 3.60. The van der Waals surface area contributed by atoms with Crippen LogP contribution in [0.25, 0.3) is 0 Å². The van der Waals surface area contributed by atoms with Gasteiger partial charge >= 0.3 is 0 Å². The topological polar surface area (TPSA) is 28.4 Å². The molecule has 0 spiro atoms. The number of hydrogen-bond donors (Lipinski definition) is 1. The molecule has 0 aromatic carbocycles. The summed E-state index contributed by atoms with van der Waals surface area (Å²) < 4.78 is 5.31. The number of hydrogen-bond acceptors (Lipinski definition) is 3. The molecule has 90 valence electrons. The van der Waals surface area contributed by atoms with E-state index in [1.165, 1.54) is 19.5 Å². The molecule has 1 unspecified atom stereocenters. The van der Waals surface area contributed by atoms with Gasteiger partial charge < -0.3 is 9.73 Å². The van der Waals surface area contributed by atoms with Crippen LogP contribution in [-0.4, -0.2) is 36.6 Å². The summed E-state index contributed by atoms with van der Waals surface area (Å²) in [7, 11) is 0. The lowest BCUT2D eigenvalue weighted by atomic mass is 10.2. The molecule has 1 aliphatic rings. The van der Waals surface area contributed by atoms with Crippen LogP contribution in [0.1, 0.15) is 26.0 Å². The van der Waals surface area contributed by atoms with Crippen molar-refractivity contribution >= 4 is 0 Å². The Morgan fingerprint density at radius 2 is 2.44 bits per heavy atom. The van der Waals surface area contributed by atoms with Crippen LogP contribution in [0, 0.1) is 0 Å². The maximum Gasteiger partial charge on any atom is 0.105 e. The van der Waals surface area contributed by atoms with Crippen LogP contribution in [0.2, 0.25) is 0 Å². The lowest BCUT2D eigenvalue weighted by molar-refractivity contribution is 0.268. The summed E-state index contributed by atoms with van der Waals surface area (Å²) in [5.41, 5.74) is 0.